The van der Waals surface area contributed by atoms with Crippen molar-refractivity contribution in [3.8, 4) is 55.6 Å². The molecular formula is C72H74. The fourth-order valence-corrected chi connectivity index (χ4v) is 8.97. The van der Waals surface area contributed by atoms with Crippen molar-refractivity contribution < 1.29 is 0 Å². The molecule has 0 aliphatic rings. The van der Waals surface area contributed by atoms with E-state index in [9.17, 15) is 0 Å². The Morgan fingerprint density at radius 3 is 0.778 bits per heavy atom. The molecule has 0 aromatic heterocycles. The number of aryl methyl sites for hydroxylation is 12. The molecule has 0 radical (unpaired) electrons. The van der Waals surface area contributed by atoms with Crippen molar-refractivity contribution in [2.75, 3.05) is 0 Å². The van der Waals surface area contributed by atoms with Gasteiger partial charge < -0.3 is 0 Å². The Kier molecular flexibility index (Phi) is 19.7. The number of rotatable bonds is 5. The number of hydrogen-bond acceptors (Lipinski definition) is 0. The second-order valence-electron chi connectivity index (χ2n) is 19.4. The third-order valence-electron chi connectivity index (χ3n) is 13.0. The van der Waals surface area contributed by atoms with E-state index in [2.05, 4.69) is 314 Å². The minimum atomic E-state index is 1.30. The minimum Gasteiger partial charge on any atom is -0.0620 e. The average Bonchev–Trinajstić information content (AvgIpc) is 3.36. The van der Waals surface area contributed by atoms with Crippen LogP contribution in [0.2, 0.25) is 0 Å². The Balaban J connectivity index is 0.000000147. The first kappa shape index (κ1) is 53.5. The van der Waals surface area contributed by atoms with Crippen LogP contribution in [0.5, 0.6) is 0 Å². The van der Waals surface area contributed by atoms with Crippen LogP contribution in [0, 0.1) is 83.1 Å². The predicted octanol–water partition coefficient (Wildman–Crippen LogP) is 20.5. The number of benzene rings is 10. The lowest BCUT2D eigenvalue weighted by molar-refractivity contribution is 1.34. The molecule has 0 aliphatic carbocycles. The molecule has 0 spiro atoms. The molecule has 0 amide bonds. The van der Waals surface area contributed by atoms with Gasteiger partial charge in [0.1, 0.15) is 0 Å². The largest absolute Gasteiger partial charge is 0.0620 e. The van der Waals surface area contributed by atoms with Crippen molar-refractivity contribution in [1.29, 1.82) is 0 Å². The summed E-state index contributed by atoms with van der Waals surface area (Å²) in [6, 6.07) is 81.8. The Morgan fingerprint density at radius 2 is 0.431 bits per heavy atom. The molecule has 0 N–H and O–H groups in total. The zero-order valence-corrected chi connectivity index (χ0v) is 44.9. The molecular weight excluding hydrogens is 865 g/mol. The summed E-state index contributed by atoms with van der Waals surface area (Å²) in [4.78, 5) is 0. The molecule has 0 saturated carbocycles. The molecule has 72 heavy (non-hydrogen) atoms. The molecule has 10 aromatic carbocycles. The van der Waals surface area contributed by atoms with Crippen LogP contribution in [0.25, 0.3) is 55.6 Å². The highest BCUT2D eigenvalue weighted by Crippen LogP contribution is 2.29. The summed E-state index contributed by atoms with van der Waals surface area (Å²) in [6.07, 6.45) is 0. The van der Waals surface area contributed by atoms with Crippen LogP contribution in [0.15, 0.2) is 231 Å². The summed E-state index contributed by atoms with van der Waals surface area (Å²) in [5.41, 5.74) is 29.2. The Labute approximate surface area is 433 Å². The van der Waals surface area contributed by atoms with Gasteiger partial charge in [0.05, 0.1) is 0 Å². The second-order valence-corrected chi connectivity index (χ2v) is 19.4. The Morgan fingerprint density at radius 1 is 0.153 bits per heavy atom. The number of hydrogen-bond donors (Lipinski definition) is 0. The summed E-state index contributed by atoms with van der Waals surface area (Å²) in [5, 5.41) is 0. The molecule has 10 rings (SSSR count). The molecule has 0 unspecified atom stereocenters. The maximum atomic E-state index is 2.24. The fourth-order valence-electron chi connectivity index (χ4n) is 8.97. The molecule has 0 heterocycles. The minimum absolute atomic E-state index is 1.30. The van der Waals surface area contributed by atoms with Crippen molar-refractivity contribution in [3.05, 3.63) is 297 Å². The smallest absolute Gasteiger partial charge is 0.0152 e. The van der Waals surface area contributed by atoms with Crippen molar-refractivity contribution in [3.63, 3.8) is 0 Å². The first-order valence-electron chi connectivity index (χ1n) is 25.3. The van der Waals surface area contributed by atoms with E-state index in [4.69, 9.17) is 0 Å². The summed E-state index contributed by atoms with van der Waals surface area (Å²) < 4.78 is 0. The average molecular weight is 939 g/mol. The van der Waals surface area contributed by atoms with Gasteiger partial charge in [-0.3, -0.25) is 0 Å². The topological polar surface area (TPSA) is 0 Å². The van der Waals surface area contributed by atoms with E-state index >= 15 is 0 Å². The van der Waals surface area contributed by atoms with E-state index in [1.165, 1.54) is 122 Å². The van der Waals surface area contributed by atoms with Gasteiger partial charge in [0.15, 0.2) is 0 Å². The Bertz CT molecular complexity index is 3170. The SMILES string of the molecule is Cc1ccc(-c2ccc(C)cc2C)c(C)c1.Cc1ccc(-c2ccccc2C)cc1.Cc1cccc(-c2cccc(C)c2)c1.Cc1cccc(-c2ccccc2C)c1.Cc1ccccc1-c1ccccc1C. The maximum Gasteiger partial charge on any atom is -0.0152 e. The van der Waals surface area contributed by atoms with Crippen LogP contribution in [-0.4, -0.2) is 0 Å². The molecule has 10 aromatic rings. The van der Waals surface area contributed by atoms with E-state index < -0.39 is 0 Å². The summed E-state index contributed by atoms with van der Waals surface area (Å²) in [5.74, 6) is 0. The van der Waals surface area contributed by atoms with Gasteiger partial charge in [-0.25, -0.2) is 0 Å². The lowest BCUT2D eigenvalue weighted by atomic mass is 9.94. The molecule has 0 saturated heterocycles. The predicted molar refractivity (Wildman–Crippen MR) is 316 cm³/mol. The highest BCUT2D eigenvalue weighted by Gasteiger charge is 2.06. The van der Waals surface area contributed by atoms with Crippen LogP contribution in [0.3, 0.4) is 0 Å². The van der Waals surface area contributed by atoms with E-state index in [0.29, 0.717) is 0 Å². The normalized spacial score (nSPS) is 10.2. The molecule has 0 heteroatoms. The summed E-state index contributed by atoms with van der Waals surface area (Å²) >= 11 is 0. The van der Waals surface area contributed by atoms with Crippen LogP contribution in [-0.2, 0) is 0 Å². The highest BCUT2D eigenvalue weighted by molar-refractivity contribution is 5.72. The van der Waals surface area contributed by atoms with Crippen LogP contribution in [0.1, 0.15) is 66.8 Å². The van der Waals surface area contributed by atoms with Crippen LogP contribution < -0.4 is 0 Å². The van der Waals surface area contributed by atoms with E-state index in [1.54, 1.807) is 0 Å². The molecule has 0 fully saturated rings. The van der Waals surface area contributed by atoms with Gasteiger partial charge in [0.2, 0.25) is 0 Å². The second kappa shape index (κ2) is 26.4. The molecule has 362 valence electrons. The first-order valence-corrected chi connectivity index (χ1v) is 25.3. The lowest BCUT2D eigenvalue weighted by Gasteiger charge is -2.10. The van der Waals surface area contributed by atoms with E-state index in [1.807, 2.05) is 0 Å². The van der Waals surface area contributed by atoms with Gasteiger partial charge in [-0.1, -0.05) is 264 Å². The molecule has 0 bridgehead atoms. The Hall–Kier alpha value is -7.80. The maximum absolute atomic E-state index is 2.24. The van der Waals surface area contributed by atoms with Gasteiger partial charge in [0.25, 0.3) is 0 Å². The van der Waals surface area contributed by atoms with Gasteiger partial charge >= 0.3 is 0 Å². The third kappa shape index (κ3) is 15.6. The first-order chi connectivity index (χ1) is 34.7. The fraction of sp³-hybridized carbons (Fsp3) is 0.167. The standard InChI is InChI=1S/C16H18.4C14H14/c1-11-5-7-15(13(3)9-11)16-8-6-12(2)10-14(16)4;1-11-5-3-7-13(9-11)14-8-4-6-12(2)10-14;1-11-7-3-5-9-13(11)14-10-6-4-8-12(14)2;1-11-6-5-8-13(10-11)14-9-4-3-7-12(14)2;1-11-7-9-13(10-8-11)14-6-4-3-5-12(14)2/h5-10H,1-4H3;4*3-10H,1-2H3. The summed E-state index contributed by atoms with van der Waals surface area (Å²) in [7, 11) is 0. The van der Waals surface area contributed by atoms with Crippen molar-refractivity contribution >= 4 is 0 Å². The van der Waals surface area contributed by atoms with Gasteiger partial charge in [-0.2, -0.15) is 0 Å². The quantitative estimate of drug-likeness (QED) is 0.161. The molecule has 0 atom stereocenters. The molecule has 0 nitrogen and oxygen atoms in total. The van der Waals surface area contributed by atoms with Gasteiger partial charge in [0, 0.05) is 0 Å². The van der Waals surface area contributed by atoms with Crippen molar-refractivity contribution in [1.82, 2.24) is 0 Å². The highest BCUT2D eigenvalue weighted by atomic mass is 14.1. The van der Waals surface area contributed by atoms with Gasteiger partial charge in [-0.15, -0.1) is 0 Å². The van der Waals surface area contributed by atoms with E-state index in [-0.39, 0.29) is 0 Å². The van der Waals surface area contributed by atoms with Gasteiger partial charge in [-0.05, 0) is 172 Å². The van der Waals surface area contributed by atoms with Crippen molar-refractivity contribution in [2.24, 2.45) is 0 Å². The van der Waals surface area contributed by atoms with Crippen LogP contribution in [0.4, 0.5) is 0 Å². The molecule has 0 aliphatic heterocycles. The third-order valence-corrected chi connectivity index (χ3v) is 13.0. The van der Waals surface area contributed by atoms with Crippen molar-refractivity contribution in [2.45, 2.75) is 83.1 Å². The zero-order valence-electron chi connectivity index (χ0n) is 44.9. The monoisotopic (exact) mass is 939 g/mol. The zero-order chi connectivity index (χ0) is 51.6. The lowest BCUT2D eigenvalue weighted by Crippen LogP contribution is -1.88. The summed E-state index contributed by atoms with van der Waals surface area (Å²) in [6.45, 7) is 25.7. The van der Waals surface area contributed by atoms with Crippen LogP contribution >= 0.6 is 0 Å². The van der Waals surface area contributed by atoms with E-state index in [0.717, 1.165) is 0 Å².